The van der Waals surface area contributed by atoms with E-state index in [1.54, 1.807) is 0 Å². The van der Waals surface area contributed by atoms with Crippen LogP contribution in [0.5, 0.6) is 5.75 Å². The molecule has 152 valence electrons. The van der Waals surface area contributed by atoms with Gasteiger partial charge in [-0.15, -0.1) is 0 Å². The number of ether oxygens (including phenoxy) is 3. The van der Waals surface area contributed by atoms with Gasteiger partial charge < -0.3 is 29.5 Å². The molecule has 0 spiro atoms. The zero-order valence-corrected chi connectivity index (χ0v) is 16.4. The first kappa shape index (κ1) is 20.8. The van der Waals surface area contributed by atoms with Crippen LogP contribution in [0, 0.1) is 6.92 Å². The Hall–Kier alpha value is -1.96. The predicted octanol–water partition coefficient (Wildman–Crippen LogP) is 2.11. The average molecular weight is 388 g/mol. The van der Waals surface area contributed by atoms with Crippen molar-refractivity contribution in [2.45, 2.75) is 51.0 Å². The highest BCUT2D eigenvalue weighted by Gasteiger charge is 2.44. The van der Waals surface area contributed by atoms with E-state index in [0.717, 1.165) is 28.0 Å². The molecule has 3 rings (SSSR count). The third-order valence-corrected chi connectivity index (χ3v) is 5.13. The molecule has 0 bridgehead atoms. The third-order valence-electron chi connectivity index (χ3n) is 5.13. The Morgan fingerprint density at radius 3 is 2.32 bits per heavy atom. The molecule has 1 saturated heterocycles. The molecule has 0 aliphatic carbocycles. The summed E-state index contributed by atoms with van der Waals surface area (Å²) in [7, 11) is 1.39. The fourth-order valence-electron chi connectivity index (χ4n) is 3.47. The molecule has 3 N–H and O–H groups in total. The van der Waals surface area contributed by atoms with Gasteiger partial charge in [-0.05, 0) is 54.7 Å². The molecule has 1 heterocycles. The van der Waals surface area contributed by atoms with Crippen LogP contribution in [0.1, 0.15) is 35.3 Å². The topological polar surface area (TPSA) is 88.4 Å². The van der Waals surface area contributed by atoms with Crippen LogP contribution in [0.2, 0.25) is 0 Å². The van der Waals surface area contributed by atoms with Gasteiger partial charge in [-0.3, -0.25) is 0 Å². The number of hydrogen-bond donors (Lipinski definition) is 3. The maximum Gasteiger partial charge on any atom is 0.186 e. The summed E-state index contributed by atoms with van der Waals surface area (Å²) in [5.41, 5.74) is 4.07. The second kappa shape index (κ2) is 9.03. The Kier molecular flexibility index (Phi) is 6.69. The van der Waals surface area contributed by atoms with E-state index in [9.17, 15) is 15.3 Å². The zero-order chi connectivity index (χ0) is 20.3. The van der Waals surface area contributed by atoms with Gasteiger partial charge >= 0.3 is 0 Å². The fourth-order valence-corrected chi connectivity index (χ4v) is 3.47. The van der Waals surface area contributed by atoms with Crippen molar-refractivity contribution in [3.8, 4) is 5.75 Å². The average Bonchev–Trinajstić information content (AvgIpc) is 2.70. The SMILES string of the molecule is CCOc1ccc(Cc2cc([C@@H]3OC(OC)[C@@H](O)[C@H](O)[C@H]3O)ccc2C)cc1. The Labute approximate surface area is 165 Å². The van der Waals surface area contributed by atoms with Crippen LogP contribution in [0.15, 0.2) is 42.5 Å². The third kappa shape index (κ3) is 4.37. The van der Waals surface area contributed by atoms with Gasteiger partial charge in [-0.1, -0.05) is 30.3 Å². The van der Waals surface area contributed by atoms with Crippen LogP contribution in [0.4, 0.5) is 0 Å². The lowest BCUT2D eigenvalue weighted by atomic mass is 9.90. The lowest BCUT2D eigenvalue weighted by Gasteiger charge is -2.40. The van der Waals surface area contributed by atoms with E-state index in [1.807, 2.05) is 56.3 Å². The first-order valence-electron chi connectivity index (χ1n) is 9.48. The van der Waals surface area contributed by atoms with Gasteiger partial charge in [0.1, 0.15) is 30.2 Å². The normalized spacial score (nSPS) is 27.6. The number of aliphatic hydroxyl groups is 3. The van der Waals surface area contributed by atoms with E-state index in [2.05, 4.69) is 0 Å². The van der Waals surface area contributed by atoms with Crippen LogP contribution < -0.4 is 4.74 Å². The molecule has 6 heteroatoms. The summed E-state index contributed by atoms with van der Waals surface area (Å²) >= 11 is 0. The van der Waals surface area contributed by atoms with E-state index >= 15 is 0 Å². The highest BCUT2D eigenvalue weighted by molar-refractivity contribution is 5.38. The molecule has 0 aromatic heterocycles. The summed E-state index contributed by atoms with van der Waals surface area (Å²) in [6, 6.07) is 13.8. The van der Waals surface area contributed by atoms with Crippen molar-refractivity contribution in [3.05, 3.63) is 64.7 Å². The first-order chi connectivity index (χ1) is 13.4. The highest BCUT2D eigenvalue weighted by Crippen LogP contribution is 2.33. The van der Waals surface area contributed by atoms with Gasteiger partial charge in [0.2, 0.25) is 0 Å². The molecule has 2 aromatic carbocycles. The van der Waals surface area contributed by atoms with Crippen molar-refractivity contribution in [3.63, 3.8) is 0 Å². The van der Waals surface area contributed by atoms with Crippen LogP contribution in [0.25, 0.3) is 0 Å². The maximum absolute atomic E-state index is 10.4. The van der Waals surface area contributed by atoms with E-state index in [1.165, 1.54) is 7.11 Å². The standard InChI is InChI=1S/C22H28O6/c1-4-27-17-9-6-14(7-10-17)11-16-12-15(8-5-13(16)2)21-19(24)18(23)20(25)22(26-3)28-21/h5-10,12,18-25H,4,11H2,1-3H3/t18-,19-,20+,21+,22?/m1/s1. The van der Waals surface area contributed by atoms with E-state index in [4.69, 9.17) is 14.2 Å². The molecule has 5 atom stereocenters. The molecule has 1 aliphatic rings. The van der Waals surface area contributed by atoms with Crippen LogP contribution in [-0.4, -0.2) is 53.6 Å². The molecule has 1 unspecified atom stereocenters. The van der Waals surface area contributed by atoms with Crippen molar-refractivity contribution in [2.75, 3.05) is 13.7 Å². The molecule has 6 nitrogen and oxygen atoms in total. The Morgan fingerprint density at radius 2 is 1.68 bits per heavy atom. The van der Waals surface area contributed by atoms with Crippen molar-refractivity contribution in [1.82, 2.24) is 0 Å². The summed E-state index contributed by atoms with van der Waals surface area (Å²) in [6.45, 7) is 4.62. The largest absolute Gasteiger partial charge is 0.494 e. The summed E-state index contributed by atoms with van der Waals surface area (Å²) in [5, 5.41) is 30.5. The highest BCUT2D eigenvalue weighted by atomic mass is 16.7. The van der Waals surface area contributed by atoms with E-state index in [0.29, 0.717) is 13.0 Å². The fraction of sp³-hybridized carbons (Fsp3) is 0.455. The number of rotatable bonds is 6. The molecule has 2 aromatic rings. The quantitative estimate of drug-likeness (QED) is 0.703. The number of benzene rings is 2. The molecule has 0 amide bonds. The van der Waals surface area contributed by atoms with Crippen LogP contribution in [-0.2, 0) is 15.9 Å². The molecule has 28 heavy (non-hydrogen) atoms. The minimum Gasteiger partial charge on any atom is -0.494 e. The minimum absolute atomic E-state index is 0.632. The summed E-state index contributed by atoms with van der Waals surface area (Å²) in [5.74, 6) is 0.841. The van der Waals surface area contributed by atoms with Crippen LogP contribution in [0.3, 0.4) is 0 Å². The van der Waals surface area contributed by atoms with Gasteiger partial charge in [0, 0.05) is 7.11 Å². The summed E-state index contributed by atoms with van der Waals surface area (Å²) in [4.78, 5) is 0. The Morgan fingerprint density at radius 1 is 0.964 bits per heavy atom. The Bertz CT molecular complexity index is 773. The molecule has 0 radical (unpaired) electrons. The van der Waals surface area contributed by atoms with Gasteiger partial charge in [0.25, 0.3) is 0 Å². The van der Waals surface area contributed by atoms with E-state index < -0.39 is 30.7 Å². The number of aryl methyl sites for hydroxylation is 1. The molecule has 1 fully saturated rings. The minimum atomic E-state index is -1.35. The lowest BCUT2D eigenvalue weighted by molar-refractivity contribution is -0.292. The van der Waals surface area contributed by atoms with E-state index in [-0.39, 0.29) is 0 Å². The smallest absolute Gasteiger partial charge is 0.186 e. The van der Waals surface area contributed by atoms with Crippen LogP contribution >= 0.6 is 0 Å². The monoisotopic (exact) mass is 388 g/mol. The van der Waals surface area contributed by atoms with Crippen molar-refractivity contribution in [2.24, 2.45) is 0 Å². The van der Waals surface area contributed by atoms with Crippen molar-refractivity contribution >= 4 is 0 Å². The second-order valence-corrected chi connectivity index (χ2v) is 7.07. The number of aliphatic hydroxyl groups excluding tert-OH is 3. The van der Waals surface area contributed by atoms with Gasteiger partial charge in [-0.25, -0.2) is 0 Å². The van der Waals surface area contributed by atoms with Gasteiger partial charge in [0.15, 0.2) is 6.29 Å². The Balaban J connectivity index is 1.82. The first-order valence-corrected chi connectivity index (χ1v) is 9.48. The molecule has 0 saturated carbocycles. The lowest BCUT2D eigenvalue weighted by Crippen LogP contribution is -2.54. The van der Waals surface area contributed by atoms with Crippen molar-refractivity contribution in [1.29, 1.82) is 0 Å². The molecular formula is C22H28O6. The zero-order valence-electron chi connectivity index (χ0n) is 16.4. The number of hydrogen-bond acceptors (Lipinski definition) is 6. The molecular weight excluding hydrogens is 360 g/mol. The summed E-state index contributed by atoms with van der Waals surface area (Å²) < 4.78 is 16.3. The molecule has 1 aliphatic heterocycles. The van der Waals surface area contributed by atoms with Gasteiger partial charge in [-0.2, -0.15) is 0 Å². The number of methoxy groups -OCH3 is 1. The predicted molar refractivity (Wildman–Crippen MR) is 104 cm³/mol. The van der Waals surface area contributed by atoms with Gasteiger partial charge in [0.05, 0.1) is 6.61 Å². The van der Waals surface area contributed by atoms with Crippen molar-refractivity contribution < 1.29 is 29.5 Å². The maximum atomic E-state index is 10.4. The second-order valence-electron chi connectivity index (χ2n) is 7.07. The summed E-state index contributed by atoms with van der Waals surface area (Å²) in [6.07, 6.45) is -4.97.